The second-order valence-electron chi connectivity index (χ2n) is 3.66. The molecule has 1 amide bonds. The molecule has 0 saturated heterocycles. The number of benzene rings is 1. The van der Waals surface area contributed by atoms with Gasteiger partial charge in [-0.15, -0.1) is 0 Å². The molecule has 18 heavy (non-hydrogen) atoms. The van der Waals surface area contributed by atoms with Crippen LogP contribution in [0.5, 0.6) is 0 Å². The van der Waals surface area contributed by atoms with Crippen molar-refractivity contribution >= 4 is 28.9 Å². The van der Waals surface area contributed by atoms with Gasteiger partial charge in [0.15, 0.2) is 0 Å². The number of carbonyl (C=O) groups excluding carboxylic acids is 2. The van der Waals surface area contributed by atoms with E-state index in [-0.39, 0.29) is 6.61 Å². The van der Waals surface area contributed by atoms with Crippen LogP contribution in [0.2, 0.25) is 0 Å². The zero-order chi connectivity index (χ0) is 13.1. The lowest BCUT2D eigenvalue weighted by atomic mass is 10.3. The molecule has 0 spiro atoms. The lowest BCUT2D eigenvalue weighted by molar-refractivity contribution is -0.152. The molecule has 1 N–H and O–H groups in total. The number of amides is 1. The van der Waals surface area contributed by atoms with Gasteiger partial charge in [0.1, 0.15) is 0 Å². The third-order valence-electron chi connectivity index (χ3n) is 2.47. The Bertz CT molecular complexity index is 604. The Hall–Kier alpha value is -2.37. The van der Waals surface area contributed by atoms with Crippen LogP contribution < -0.4 is 5.32 Å². The fraction of sp³-hybridized carbons (Fsp3) is 0.250. The molecule has 94 valence electrons. The van der Waals surface area contributed by atoms with Gasteiger partial charge in [-0.1, -0.05) is 12.1 Å². The van der Waals surface area contributed by atoms with E-state index in [1.54, 1.807) is 18.5 Å². The van der Waals surface area contributed by atoms with E-state index in [0.717, 1.165) is 11.0 Å². The topological polar surface area (TPSA) is 73.2 Å². The molecular formula is C12H13N3O3. The molecule has 0 aliphatic rings. The summed E-state index contributed by atoms with van der Waals surface area (Å²) in [7, 11) is 1.76. The molecule has 0 atom stereocenters. The number of anilines is 1. The lowest BCUT2D eigenvalue weighted by Crippen LogP contribution is -2.26. The average Bonchev–Trinajstić information content (AvgIpc) is 2.67. The molecule has 0 saturated carbocycles. The first kappa shape index (κ1) is 12.1. The van der Waals surface area contributed by atoms with E-state index in [4.69, 9.17) is 0 Å². The highest BCUT2D eigenvalue weighted by atomic mass is 16.5. The van der Waals surface area contributed by atoms with Crippen LogP contribution in [0.4, 0.5) is 5.95 Å². The molecule has 0 aliphatic heterocycles. The normalized spacial score (nSPS) is 10.3. The predicted octanol–water partition coefficient (Wildman–Crippen LogP) is 1.07. The number of fused-ring (bicyclic) bond motifs is 1. The van der Waals surface area contributed by atoms with E-state index < -0.39 is 11.9 Å². The lowest BCUT2D eigenvalue weighted by Gasteiger charge is -2.04. The molecule has 2 aromatic rings. The number of ether oxygens (including phenoxy) is 1. The van der Waals surface area contributed by atoms with Crippen molar-refractivity contribution in [2.45, 2.75) is 6.92 Å². The molecule has 0 radical (unpaired) electrons. The summed E-state index contributed by atoms with van der Waals surface area (Å²) in [5.41, 5.74) is 1.62. The maximum Gasteiger partial charge on any atom is 0.397 e. The van der Waals surface area contributed by atoms with Gasteiger partial charge < -0.3 is 9.30 Å². The van der Waals surface area contributed by atoms with Gasteiger partial charge in [0.25, 0.3) is 0 Å². The highest BCUT2D eigenvalue weighted by Crippen LogP contribution is 2.17. The van der Waals surface area contributed by atoms with Crippen molar-refractivity contribution in [1.29, 1.82) is 0 Å². The third kappa shape index (κ3) is 2.17. The molecule has 1 aromatic carbocycles. The Kier molecular flexibility index (Phi) is 3.27. The first-order valence-corrected chi connectivity index (χ1v) is 5.53. The zero-order valence-electron chi connectivity index (χ0n) is 10.1. The van der Waals surface area contributed by atoms with Crippen LogP contribution in [0.25, 0.3) is 11.0 Å². The summed E-state index contributed by atoms with van der Waals surface area (Å²) in [5, 5.41) is 2.42. The molecule has 0 aliphatic carbocycles. The number of rotatable bonds is 2. The molecule has 6 heteroatoms. The van der Waals surface area contributed by atoms with Gasteiger partial charge in [-0.3, -0.25) is 10.1 Å². The maximum atomic E-state index is 11.5. The zero-order valence-corrected chi connectivity index (χ0v) is 10.1. The number of hydrogen-bond donors (Lipinski definition) is 1. The maximum absolute atomic E-state index is 11.5. The van der Waals surface area contributed by atoms with E-state index in [1.165, 1.54) is 0 Å². The minimum absolute atomic E-state index is 0.162. The van der Waals surface area contributed by atoms with Crippen molar-refractivity contribution < 1.29 is 14.3 Å². The van der Waals surface area contributed by atoms with Gasteiger partial charge in [0.2, 0.25) is 5.95 Å². The number of nitrogens with zero attached hydrogens (tertiary/aromatic N) is 2. The summed E-state index contributed by atoms with van der Waals surface area (Å²) in [5.74, 6) is -1.42. The molecule has 2 rings (SSSR count). The number of carbonyl (C=O) groups is 2. The second-order valence-corrected chi connectivity index (χ2v) is 3.66. The predicted molar refractivity (Wildman–Crippen MR) is 66.0 cm³/mol. The highest BCUT2D eigenvalue weighted by Gasteiger charge is 2.17. The van der Waals surface area contributed by atoms with E-state index >= 15 is 0 Å². The van der Waals surface area contributed by atoms with Crippen molar-refractivity contribution in [1.82, 2.24) is 9.55 Å². The third-order valence-corrected chi connectivity index (χ3v) is 2.47. The number of esters is 1. The minimum Gasteiger partial charge on any atom is -0.459 e. The molecule has 0 bridgehead atoms. The minimum atomic E-state index is -0.912. The number of nitrogens with one attached hydrogen (secondary N) is 1. The van der Waals surface area contributed by atoms with E-state index in [1.807, 2.05) is 24.3 Å². The first-order chi connectivity index (χ1) is 8.63. The van der Waals surface area contributed by atoms with Crippen LogP contribution >= 0.6 is 0 Å². The average molecular weight is 247 g/mol. The van der Waals surface area contributed by atoms with Gasteiger partial charge in [-0.2, -0.15) is 0 Å². The van der Waals surface area contributed by atoms with Gasteiger partial charge in [0.05, 0.1) is 17.6 Å². The quantitative estimate of drug-likeness (QED) is 0.636. The van der Waals surface area contributed by atoms with E-state index in [2.05, 4.69) is 15.0 Å². The largest absolute Gasteiger partial charge is 0.459 e. The Morgan fingerprint density at radius 1 is 1.39 bits per heavy atom. The summed E-state index contributed by atoms with van der Waals surface area (Å²) in [4.78, 5) is 26.9. The molecule has 0 fully saturated rings. The van der Waals surface area contributed by atoms with Crippen LogP contribution in [0.15, 0.2) is 24.3 Å². The molecule has 1 heterocycles. The first-order valence-electron chi connectivity index (χ1n) is 5.53. The van der Waals surface area contributed by atoms with Crippen molar-refractivity contribution in [2.24, 2.45) is 7.05 Å². The van der Waals surface area contributed by atoms with Gasteiger partial charge in [-0.25, -0.2) is 9.78 Å². The summed E-state index contributed by atoms with van der Waals surface area (Å²) >= 11 is 0. The number of hydrogen-bond acceptors (Lipinski definition) is 4. The monoisotopic (exact) mass is 247 g/mol. The fourth-order valence-electron chi connectivity index (χ4n) is 1.61. The van der Waals surface area contributed by atoms with Crippen molar-refractivity contribution in [2.75, 3.05) is 11.9 Å². The SMILES string of the molecule is CCOC(=O)C(=O)Nc1nc2ccccc2n1C. The van der Waals surface area contributed by atoms with Crippen LogP contribution in [0.3, 0.4) is 0 Å². The molecule has 1 aromatic heterocycles. The Morgan fingerprint density at radius 2 is 2.11 bits per heavy atom. The Morgan fingerprint density at radius 3 is 2.78 bits per heavy atom. The van der Waals surface area contributed by atoms with Crippen LogP contribution in [0, 0.1) is 0 Å². The highest BCUT2D eigenvalue weighted by molar-refractivity contribution is 6.37. The fourth-order valence-corrected chi connectivity index (χ4v) is 1.61. The number of imidazole rings is 1. The van der Waals surface area contributed by atoms with E-state index in [0.29, 0.717) is 5.95 Å². The smallest absolute Gasteiger partial charge is 0.397 e. The molecular weight excluding hydrogens is 234 g/mol. The summed E-state index contributed by atoms with van der Waals surface area (Å²) in [6.45, 7) is 1.80. The van der Waals surface area contributed by atoms with Crippen molar-refractivity contribution in [3.05, 3.63) is 24.3 Å². The van der Waals surface area contributed by atoms with Crippen LogP contribution in [-0.2, 0) is 21.4 Å². The number of aromatic nitrogens is 2. The van der Waals surface area contributed by atoms with Crippen molar-refractivity contribution in [3.63, 3.8) is 0 Å². The Labute approximate surface area is 104 Å². The number of aryl methyl sites for hydroxylation is 1. The summed E-state index contributed by atoms with van der Waals surface area (Å²) in [6, 6.07) is 7.44. The molecule has 0 unspecified atom stereocenters. The second kappa shape index (κ2) is 4.87. The summed E-state index contributed by atoms with van der Waals surface area (Å²) < 4.78 is 6.30. The van der Waals surface area contributed by atoms with Crippen LogP contribution in [0.1, 0.15) is 6.92 Å². The van der Waals surface area contributed by atoms with Gasteiger partial charge >= 0.3 is 11.9 Å². The summed E-state index contributed by atoms with van der Waals surface area (Å²) in [6.07, 6.45) is 0. The van der Waals surface area contributed by atoms with Gasteiger partial charge in [0, 0.05) is 7.05 Å². The van der Waals surface area contributed by atoms with Crippen LogP contribution in [-0.4, -0.2) is 28.0 Å². The Balaban J connectivity index is 2.24. The standard InChI is InChI=1S/C12H13N3O3/c1-3-18-11(17)10(16)14-12-13-8-6-4-5-7-9(8)15(12)2/h4-7H,3H2,1-2H3,(H,13,14,16). The van der Waals surface area contributed by atoms with Crippen molar-refractivity contribution in [3.8, 4) is 0 Å². The molecule has 6 nitrogen and oxygen atoms in total. The van der Waals surface area contributed by atoms with Gasteiger partial charge in [-0.05, 0) is 19.1 Å². The number of para-hydroxylation sites is 2. The van der Waals surface area contributed by atoms with E-state index in [9.17, 15) is 9.59 Å².